The van der Waals surface area contributed by atoms with Gasteiger partial charge in [-0.1, -0.05) is 278 Å². The van der Waals surface area contributed by atoms with Gasteiger partial charge in [-0.25, -0.2) is 0 Å². The largest absolute Gasteiger partial charge is 0.462 e. The van der Waals surface area contributed by atoms with E-state index >= 15 is 0 Å². The van der Waals surface area contributed by atoms with Crippen LogP contribution in [-0.2, 0) is 28.6 Å². The van der Waals surface area contributed by atoms with E-state index < -0.39 is 6.10 Å². The van der Waals surface area contributed by atoms with E-state index in [9.17, 15) is 14.4 Å². The Hall–Kier alpha value is -1.59. The second-order valence-corrected chi connectivity index (χ2v) is 18.9. The van der Waals surface area contributed by atoms with Gasteiger partial charge >= 0.3 is 17.9 Å². The van der Waals surface area contributed by atoms with E-state index in [0.717, 1.165) is 70.6 Å². The Balaban J connectivity index is 3.64. The standard InChI is InChI=1S/C55H106O6/c1-4-7-10-13-14-15-16-17-18-19-20-21-22-23-24-25-26-27-28-29-30-31-32-33-34-35-36-37-38-39-40-43-45-48-54(57)60-51-52(61-55(58)49-46-42-12-9-6-3)50-59-53(56)47-44-41-11-8-5-2/h52H,4-51H2,1-3H3. The molecule has 0 aliphatic rings. The van der Waals surface area contributed by atoms with Crippen molar-refractivity contribution in [2.45, 2.75) is 322 Å². The van der Waals surface area contributed by atoms with Gasteiger partial charge in [0.15, 0.2) is 6.10 Å². The Morgan fingerprint density at radius 2 is 0.443 bits per heavy atom. The smallest absolute Gasteiger partial charge is 0.306 e. The molecular weight excluding hydrogens is 757 g/mol. The molecule has 0 heterocycles. The molecule has 6 heteroatoms. The zero-order valence-electron chi connectivity index (χ0n) is 41.5. The molecule has 0 spiro atoms. The highest BCUT2D eigenvalue weighted by Gasteiger charge is 2.19. The molecule has 1 atom stereocenters. The first-order chi connectivity index (χ1) is 30.0. The highest BCUT2D eigenvalue weighted by Crippen LogP contribution is 2.18. The maximum absolute atomic E-state index is 12.5. The predicted octanol–water partition coefficient (Wildman–Crippen LogP) is 18.0. The van der Waals surface area contributed by atoms with Crippen molar-refractivity contribution in [3.05, 3.63) is 0 Å². The number of hydrogen-bond donors (Lipinski definition) is 0. The van der Waals surface area contributed by atoms with Crippen LogP contribution in [0.25, 0.3) is 0 Å². The highest BCUT2D eigenvalue weighted by atomic mass is 16.6. The summed E-state index contributed by atoms with van der Waals surface area (Å²) >= 11 is 0. The first kappa shape index (κ1) is 59.4. The number of carbonyl (C=O) groups excluding carboxylic acids is 3. The summed E-state index contributed by atoms with van der Waals surface area (Å²) in [5.41, 5.74) is 0. The van der Waals surface area contributed by atoms with Crippen LogP contribution in [0.2, 0.25) is 0 Å². The van der Waals surface area contributed by atoms with Gasteiger partial charge in [-0.05, 0) is 19.3 Å². The van der Waals surface area contributed by atoms with E-state index in [4.69, 9.17) is 14.2 Å². The fourth-order valence-corrected chi connectivity index (χ4v) is 8.45. The Bertz CT molecular complexity index is 905. The molecule has 0 aliphatic heterocycles. The molecule has 0 bridgehead atoms. The van der Waals surface area contributed by atoms with Crippen LogP contribution < -0.4 is 0 Å². The number of ether oxygens (including phenoxy) is 3. The predicted molar refractivity (Wildman–Crippen MR) is 261 cm³/mol. The van der Waals surface area contributed by atoms with E-state index in [2.05, 4.69) is 20.8 Å². The number of hydrogen-bond acceptors (Lipinski definition) is 6. The van der Waals surface area contributed by atoms with Gasteiger partial charge in [0.05, 0.1) is 0 Å². The third kappa shape index (κ3) is 49.3. The molecule has 0 amide bonds. The number of rotatable bonds is 51. The maximum atomic E-state index is 12.5. The lowest BCUT2D eigenvalue weighted by molar-refractivity contribution is -0.167. The van der Waals surface area contributed by atoms with Crippen molar-refractivity contribution in [1.82, 2.24) is 0 Å². The average molecular weight is 863 g/mol. The Morgan fingerprint density at radius 3 is 0.656 bits per heavy atom. The van der Waals surface area contributed by atoms with Gasteiger partial charge in [0.25, 0.3) is 0 Å². The minimum absolute atomic E-state index is 0.0656. The fraction of sp³-hybridized carbons (Fsp3) is 0.945. The third-order valence-corrected chi connectivity index (χ3v) is 12.6. The van der Waals surface area contributed by atoms with Crippen molar-refractivity contribution in [3.63, 3.8) is 0 Å². The normalized spacial score (nSPS) is 11.9. The molecule has 0 rings (SSSR count). The number of unbranched alkanes of at least 4 members (excludes halogenated alkanes) is 40. The Morgan fingerprint density at radius 1 is 0.262 bits per heavy atom. The SMILES string of the molecule is CCCCCCCCCCCCCCCCCCCCCCCCCCCCCCCCCCCC(=O)OCC(COC(=O)CCCCCCC)OC(=O)CCCCCCC. The van der Waals surface area contributed by atoms with Crippen LogP contribution >= 0.6 is 0 Å². The lowest BCUT2D eigenvalue weighted by Crippen LogP contribution is -2.30. The molecule has 0 aromatic rings. The van der Waals surface area contributed by atoms with Gasteiger partial charge in [0.1, 0.15) is 13.2 Å². The van der Waals surface area contributed by atoms with E-state index in [1.54, 1.807) is 0 Å². The molecule has 0 aliphatic carbocycles. The van der Waals surface area contributed by atoms with Crippen LogP contribution in [-0.4, -0.2) is 37.2 Å². The number of carbonyl (C=O) groups is 3. The summed E-state index contributed by atoms with van der Waals surface area (Å²) in [6.07, 6.45) is 56.5. The van der Waals surface area contributed by atoms with Crippen molar-refractivity contribution in [1.29, 1.82) is 0 Å². The Labute approximate surface area is 380 Å². The van der Waals surface area contributed by atoms with Gasteiger partial charge in [0.2, 0.25) is 0 Å². The molecule has 0 fully saturated rings. The summed E-state index contributed by atoms with van der Waals surface area (Å²) in [7, 11) is 0. The molecular formula is C55H106O6. The quantitative estimate of drug-likeness (QED) is 0.0344. The summed E-state index contributed by atoms with van der Waals surface area (Å²) in [6.45, 7) is 6.50. The fourth-order valence-electron chi connectivity index (χ4n) is 8.45. The van der Waals surface area contributed by atoms with E-state index in [1.807, 2.05) is 0 Å². The second-order valence-electron chi connectivity index (χ2n) is 18.9. The van der Waals surface area contributed by atoms with Gasteiger partial charge in [-0.15, -0.1) is 0 Å². The monoisotopic (exact) mass is 863 g/mol. The highest BCUT2D eigenvalue weighted by molar-refractivity contribution is 5.71. The molecule has 0 N–H and O–H groups in total. The van der Waals surface area contributed by atoms with Crippen LogP contribution in [0.4, 0.5) is 0 Å². The van der Waals surface area contributed by atoms with Crippen molar-refractivity contribution in [2.24, 2.45) is 0 Å². The lowest BCUT2D eigenvalue weighted by atomic mass is 10.0. The topological polar surface area (TPSA) is 78.9 Å². The van der Waals surface area contributed by atoms with Gasteiger partial charge in [-0.3, -0.25) is 14.4 Å². The number of esters is 3. The zero-order chi connectivity index (χ0) is 44.4. The third-order valence-electron chi connectivity index (χ3n) is 12.6. The molecule has 0 aromatic carbocycles. The zero-order valence-corrected chi connectivity index (χ0v) is 41.5. The summed E-state index contributed by atoms with van der Waals surface area (Å²) < 4.78 is 16.5. The first-order valence-electron chi connectivity index (χ1n) is 27.5. The van der Waals surface area contributed by atoms with Crippen LogP contribution in [0.1, 0.15) is 316 Å². The van der Waals surface area contributed by atoms with Crippen molar-refractivity contribution in [3.8, 4) is 0 Å². The molecule has 0 saturated heterocycles. The van der Waals surface area contributed by atoms with Crippen LogP contribution in [0.5, 0.6) is 0 Å². The maximum Gasteiger partial charge on any atom is 0.306 e. The van der Waals surface area contributed by atoms with Crippen LogP contribution in [0.15, 0.2) is 0 Å². The molecule has 1 unspecified atom stereocenters. The summed E-state index contributed by atoms with van der Waals surface area (Å²) in [6, 6.07) is 0. The summed E-state index contributed by atoms with van der Waals surface area (Å²) in [5, 5.41) is 0. The van der Waals surface area contributed by atoms with Crippen LogP contribution in [0.3, 0.4) is 0 Å². The van der Waals surface area contributed by atoms with Crippen molar-refractivity contribution >= 4 is 17.9 Å². The molecule has 0 saturated carbocycles. The van der Waals surface area contributed by atoms with Crippen LogP contribution in [0, 0.1) is 0 Å². The molecule has 6 nitrogen and oxygen atoms in total. The minimum atomic E-state index is -0.755. The molecule has 61 heavy (non-hydrogen) atoms. The van der Waals surface area contributed by atoms with Gasteiger partial charge in [-0.2, -0.15) is 0 Å². The summed E-state index contributed by atoms with van der Waals surface area (Å²) in [4.78, 5) is 37.2. The minimum Gasteiger partial charge on any atom is -0.462 e. The van der Waals surface area contributed by atoms with Crippen molar-refractivity contribution in [2.75, 3.05) is 13.2 Å². The van der Waals surface area contributed by atoms with Gasteiger partial charge in [0, 0.05) is 19.3 Å². The van der Waals surface area contributed by atoms with E-state index in [0.29, 0.717) is 19.3 Å². The molecule has 362 valence electrons. The lowest BCUT2D eigenvalue weighted by Gasteiger charge is -2.18. The summed E-state index contributed by atoms with van der Waals surface area (Å²) in [5.74, 6) is -0.881. The first-order valence-corrected chi connectivity index (χ1v) is 27.5. The Kier molecular flexibility index (Phi) is 49.7. The van der Waals surface area contributed by atoms with E-state index in [1.165, 1.54) is 205 Å². The second kappa shape index (κ2) is 51.0. The molecule has 0 radical (unpaired) electrons. The van der Waals surface area contributed by atoms with Gasteiger partial charge < -0.3 is 14.2 Å². The van der Waals surface area contributed by atoms with E-state index in [-0.39, 0.29) is 31.1 Å². The van der Waals surface area contributed by atoms with Crippen molar-refractivity contribution < 1.29 is 28.6 Å². The molecule has 0 aromatic heterocycles. The average Bonchev–Trinajstić information content (AvgIpc) is 3.26.